The Labute approximate surface area is 161 Å². The lowest BCUT2D eigenvalue weighted by Crippen LogP contribution is -2.37. The van der Waals surface area contributed by atoms with Gasteiger partial charge in [0.15, 0.2) is 5.13 Å². The van der Waals surface area contributed by atoms with Crippen LogP contribution in [0.25, 0.3) is 0 Å². The van der Waals surface area contributed by atoms with Crippen molar-refractivity contribution in [3.8, 4) is 0 Å². The molecular weight excluding hydrogens is 372 g/mol. The molecule has 2 N–H and O–H groups in total. The van der Waals surface area contributed by atoms with Crippen LogP contribution >= 0.6 is 22.9 Å². The van der Waals surface area contributed by atoms with Gasteiger partial charge >= 0.3 is 0 Å². The van der Waals surface area contributed by atoms with Crippen molar-refractivity contribution in [3.63, 3.8) is 0 Å². The number of anilines is 1. The van der Waals surface area contributed by atoms with Crippen molar-refractivity contribution in [1.29, 1.82) is 0 Å². The first-order valence-corrected chi connectivity index (χ1v) is 9.90. The number of nitrogens with one attached hydrogen (secondary N) is 2. The molecule has 1 aromatic carbocycles. The van der Waals surface area contributed by atoms with E-state index in [1.807, 2.05) is 0 Å². The van der Waals surface area contributed by atoms with Gasteiger partial charge in [-0.25, -0.2) is 4.98 Å². The molecule has 0 unspecified atom stereocenters. The number of aromatic nitrogens is 1. The molecular formula is C18H21ClN4O2S. The fourth-order valence-corrected chi connectivity index (χ4v) is 3.71. The van der Waals surface area contributed by atoms with Crippen LogP contribution in [0.1, 0.15) is 40.1 Å². The first kappa shape index (κ1) is 18.8. The number of hydrogen-bond acceptors (Lipinski definition) is 5. The van der Waals surface area contributed by atoms with E-state index >= 15 is 0 Å². The van der Waals surface area contributed by atoms with Crippen LogP contribution in [0, 0.1) is 0 Å². The smallest absolute Gasteiger partial charge is 0.270 e. The van der Waals surface area contributed by atoms with Gasteiger partial charge in [0.2, 0.25) is 0 Å². The quantitative estimate of drug-likeness (QED) is 0.791. The van der Waals surface area contributed by atoms with E-state index < -0.39 is 0 Å². The third-order valence-corrected chi connectivity index (χ3v) is 5.20. The lowest BCUT2D eigenvalue weighted by atomic mass is 10.1. The van der Waals surface area contributed by atoms with E-state index in [4.69, 9.17) is 11.6 Å². The molecule has 1 aliphatic rings. The predicted molar refractivity (Wildman–Crippen MR) is 104 cm³/mol. The zero-order valence-corrected chi connectivity index (χ0v) is 15.9. The zero-order valence-electron chi connectivity index (χ0n) is 14.3. The lowest BCUT2D eigenvalue weighted by Gasteiger charge is -2.26. The maximum atomic E-state index is 12.2. The minimum absolute atomic E-state index is 0.221. The number of thiazole rings is 1. The molecule has 1 fully saturated rings. The monoisotopic (exact) mass is 392 g/mol. The van der Waals surface area contributed by atoms with E-state index in [1.165, 1.54) is 30.6 Å². The number of likely N-dealkylation sites (tertiary alicyclic amines) is 1. The largest absolute Gasteiger partial charge is 0.349 e. The average Bonchev–Trinajstić information content (AvgIpc) is 3.11. The molecule has 0 radical (unpaired) electrons. The van der Waals surface area contributed by atoms with Gasteiger partial charge in [-0.1, -0.05) is 24.1 Å². The first-order chi connectivity index (χ1) is 12.6. The summed E-state index contributed by atoms with van der Waals surface area (Å²) < 4.78 is 0. The Morgan fingerprint density at radius 3 is 2.77 bits per heavy atom. The first-order valence-electron chi connectivity index (χ1n) is 8.65. The second-order valence-electron chi connectivity index (χ2n) is 6.16. The van der Waals surface area contributed by atoms with Gasteiger partial charge in [0, 0.05) is 29.1 Å². The number of rotatable bonds is 6. The molecule has 0 atom stereocenters. The van der Waals surface area contributed by atoms with Crippen molar-refractivity contribution in [3.05, 3.63) is 45.9 Å². The molecule has 8 heteroatoms. The van der Waals surface area contributed by atoms with Crippen LogP contribution in [0.5, 0.6) is 0 Å². The summed E-state index contributed by atoms with van der Waals surface area (Å²) >= 11 is 7.11. The Morgan fingerprint density at radius 1 is 1.19 bits per heavy atom. The standard InChI is InChI=1S/C18H21ClN4O2S/c19-14-6-4-5-13(11-14)16(24)22-18-21-15(12-26-18)17(25)20-7-10-23-8-2-1-3-9-23/h4-6,11-12H,1-3,7-10H2,(H,20,25)(H,21,22,24). The van der Waals surface area contributed by atoms with Gasteiger partial charge in [-0.15, -0.1) is 11.3 Å². The average molecular weight is 393 g/mol. The highest BCUT2D eigenvalue weighted by Crippen LogP contribution is 2.18. The number of piperidine rings is 1. The van der Waals surface area contributed by atoms with E-state index in [1.54, 1.807) is 29.6 Å². The van der Waals surface area contributed by atoms with Crippen molar-refractivity contribution in [1.82, 2.24) is 15.2 Å². The Morgan fingerprint density at radius 2 is 2.00 bits per heavy atom. The van der Waals surface area contributed by atoms with Crippen molar-refractivity contribution in [2.24, 2.45) is 0 Å². The van der Waals surface area contributed by atoms with E-state index in [9.17, 15) is 9.59 Å². The minimum Gasteiger partial charge on any atom is -0.349 e. The molecule has 2 aromatic rings. The normalized spacial score (nSPS) is 14.8. The van der Waals surface area contributed by atoms with Gasteiger partial charge in [-0.2, -0.15) is 0 Å². The summed E-state index contributed by atoms with van der Waals surface area (Å²) in [6.07, 6.45) is 3.76. The maximum absolute atomic E-state index is 12.2. The van der Waals surface area contributed by atoms with Crippen molar-refractivity contribution in [2.45, 2.75) is 19.3 Å². The molecule has 1 aromatic heterocycles. The van der Waals surface area contributed by atoms with Gasteiger partial charge in [-0.3, -0.25) is 14.9 Å². The predicted octanol–water partition coefficient (Wildman–Crippen LogP) is 3.26. The third kappa shape index (κ3) is 5.27. The Balaban J connectivity index is 1.48. The summed E-state index contributed by atoms with van der Waals surface area (Å²) in [5.74, 6) is -0.527. The van der Waals surface area contributed by atoms with Crippen LogP contribution in [0.2, 0.25) is 5.02 Å². The fourth-order valence-electron chi connectivity index (χ4n) is 2.84. The summed E-state index contributed by atoms with van der Waals surface area (Å²) in [7, 11) is 0. The second-order valence-corrected chi connectivity index (χ2v) is 7.46. The van der Waals surface area contributed by atoms with Crippen molar-refractivity contribution in [2.75, 3.05) is 31.5 Å². The molecule has 0 aliphatic carbocycles. The highest BCUT2D eigenvalue weighted by atomic mass is 35.5. The minimum atomic E-state index is -0.307. The highest BCUT2D eigenvalue weighted by molar-refractivity contribution is 7.14. The van der Waals surface area contributed by atoms with E-state index in [-0.39, 0.29) is 11.8 Å². The topological polar surface area (TPSA) is 74.3 Å². The molecule has 138 valence electrons. The molecule has 2 heterocycles. The van der Waals surface area contributed by atoms with Crippen LogP contribution in [-0.2, 0) is 0 Å². The molecule has 1 saturated heterocycles. The Hall–Kier alpha value is -1.96. The fraction of sp³-hybridized carbons (Fsp3) is 0.389. The third-order valence-electron chi connectivity index (χ3n) is 4.21. The number of carbonyl (C=O) groups is 2. The van der Waals surface area contributed by atoms with Crippen LogP contribution in [0.15, 0.2) is 29.6 Å². The molecule has 2 amide bonds. The van der Waals surface area contributed by atoms with Gasteiger partial charge in [0.25, 0.3) is 11.8 Å². The zero-order chi connectivity index (χ0) is 18.4. The second kappa shape index (κ2) is 9.12. The Kier molecular flexibility index (Phi) is 6.60. The van der Waals surface area contributed by atoms with E-state index in [0.29, 0.717) is 28.0 Å². The summed E-state index contributed by atoms with van der Waals surface area (Å²) in [4.78, 5) is 30.9. The molecule has 26 heavy (non-hydrogen) atoms. The summed E-state index contributed by atoms with van der Waals surface area (Å²) in [5.41, 5.74) is 0.760. The molecule has 0 bridgehead atoms. The van der Waals surface area contributed by atoms with Gasteiger partial charge in [-0.05, 0) is 44.1 Å². The summed E-state index contributed by atoms with van der Waals surface area (Å²) in [5, 5.41) is 8.09. The molecule has 0 spiro atoms. The van der Waals surface area contributed by atoms with Crippen LogP contribution in [-0.4, -0.2) is 47.9 Å². The molecule has 0 saturated carbocycles. The molecule has 3 rings (SSSR count). The molecule has 1 aliphatic heterocycles. The SMILES string of the molecule is O=C(Nc1nc(C(=O)NCCN2CCCCC2)cs1)c1cccc(Cl)c1. The number of benzene rings is 1. The molecule has 6 nitrogen and oxygen atoms in total. The Bertz CT molecular complexity index is 774. The van der Waals surface area contributed by atoms with E-state index in [2.05, 4.69) is 20.5 Å². The number of nitrogens with zero attached hydrogens (tertiary/aromatic N) is 2. The summed E-state index contributed by atoms with van der Waals surface area (Å²) in [6.45, 7) is 3.66. The van der Waals surface area contributed by atoms with E-state index in [0.717, 1.165) is 19.6 Å². The van der Waals surface area contributed by atoms with Crippen molar-refractivity contribution >= 4 is 39.9 Å². The van der Waals surface area contributed by atoms with Crippen LogP contribution < -0.4 is 10.6 Å². The van der Waals surface area contributed by atoms with Crippen molar-refractivity contribution < 1.29 is 9.59 Å². The van der Waals surface area contributed by atoms with Gasteiger partial charge in [0.05, 0.1) is 0 Å². The maximum Gasteiger partial charge on any atom is 0.270 e. The summed E-state index contributed by atoms with van der Waals surface area (Å²) in [6, 6.07) is 6.66. The van der Waals surface area contributed by atoms with Gasteiger partial charge in [0.1, 0.15) is 5.69 Å². The number of amides is 2. The van der Waals surface area contributed by atoms with Crippen LogP contribution in [0.4, 0.5) is 5.13 Å². The lowest BCUT2D eigenvalue weighted by molar-refractivity contribution is 0.0941. The number of halogens is 1. The highest BCUT2D eigenvalue weighted by Gasteiger charge is 2.14. The number of hydrogen-bond donors (Lipinski definition) is 2. The van der Waals surface area contributed by atoms with Crippen LogP contribution in [0.3, 0.4) is 0 Å². The van der Waals surface area contributed by atoms with Gasteiger partial charge < -0.3 is 10.2 Å². The number of carbonyl (C=O) groups excluding carboxylic acids is 2.